The molecule has 0 aliphatic carbocycles. The molecule has 0 aromatic heterocycles. The number of aliphatic hydroxyl groups is 2. The highest BCUT2D eigenvalue weighted by atomic mass is 16.4. The monoisotopic (exact) mass is 671 g/mol. The predicted molar refractivity (Wildman–Crippen MR) is 187 cm³/mol. The SMILES string of the molecule is O=C(O)CCCCCCCC(CCCCCCCO)NC(=O)CCCC(=O)NC(CCCCCCCO)CCCCCCCC(=O)O. The van der Waals surface area contributed by atoms with Crippen molar-refractivity contribution in [1.82, 2.24) is 10.6 Å². The van der Waals surface area contributed by atoms with Gasteiger partial charge in [0.1, 0.15) is 0 Å². The van der Waals surface area contributed by atoms with Crippen LogP contribution in [0.15, 0.2) is 0 Å². The minimum atomic E-state index is -0.747. The lowest BCUT2D eigenvalue weighted by Crippen LogP contribution is -2.36. The number of hydrogen-bond donors (Lipinski definition) is 6. The summed E-state index contributed by atoms with van der Waals surface area (Å²) in [6.45, 7) is 0.459. The topological polar surface area (TPSA) is 173 Å². The fourth-order valence-corrected chi connectivity index (χ4v) is 6.05. The molecule has 0 spiro atoms. The van der Waals surface area contributed by atoms with Crippen LogP contribution in [0.3, 0.4) is 0 Å². The standard InChI is InChI=1S/C37H70N2O8/c40-30-19-11-3-7-15-24-32(22-13-5-1-9-17-28-36(44)45)38-34(42)26-21-27-35(43)39-33(25-16-8-4-12-20-31-41)23-14-6-2-10-18-29-37(46)47/h32-33,40-41H,1-31H2,(H,38,42)(H,39,43)(H,44,45)(H,46,47). The number of carbonyl (C=O) groups excluding carboxylic acids is 2. The highest BCUT2D eigenvalue weighted by Gasteiger charge is 2.15. The number of aliphatic hydroxyl groups excluding tert-OH is 2. The minimum absolute atomic E-state index is 0.00753. The van der Waals surface area contributed by atoms with Gasteiger partial charge in [-0.05, 0) is 57.8 Å². The molecule has 10 nitrogen and oxygen atoms in total. The second-order valence-corrected chi connectivity index (χ2v) is 13.3. The lowest BCUT2D eigenvalue weighted by Gasteiger charge is -2.20. The van der Waals surface area contributed by atoms with E-state index in [0.717, 1.165) is 141 Å². The van der Waals surface area contributed by atoms with Crippen LogP contribution < -0.4 is 10.6 Å². The van der Waals surface area contributed by atoms with Crippen LogP contribution in [0.4, 0.5) is 0 Å². The first-order chi connectivity index (χ1) is 22.8. The van der Waals surface area contributed by atoms with Gasteiger partial charge < -0.3 is 31.1 Å². The van der Waals surface area contributed by atoms with E-state index < -0.39 is 11.9 Å². The fraction of sp³-hybridized carbons (Fsp3) is 0.892. The molecule has 0 rings (SSSR count). The Hall–Kier alpha value is -2.20. The average Bonchev–Trinajstić information content (AvgIpc) is 3.02. The smallest absolute Gasteiger partial charge is 0.303 e. The van der Waals surface area contributed by atoms with Crippen LogP contribution in [0.1, 0.15) is 186 Å². The number of carbonyl (C=O) groups is 4. The van der Waals surface area contributed by atoms with Gasteiger partial charge in [-0.25, -0.2) is 0 Å². The van der Waals surface area contributed by atoms with Crippen LogP contribution in [0.5, 0.6) is 0 Å². The summed E-state index contributed by atoms with van der Waals surface area (Å²) in [7, 11) is 0. The van der Waals surface area contributed by atoms with E-state index in [4.69, 9.17) is 20.4 Å². The van der Waals surface area contributed by atoms with Crippen LogP contribution in [0.2, 0.25) is 0 Å². The van der Waals surface area contributed by atoms with Gasteiger partial charge in [-0.15, -0.1) is 0 Å². The maximum atomic E-state index is 12.8. The summed E-state index contributed by atoms with van der Waals surface area (Å²) in [6, 6.07) is 0.221. The number of rotatable bonds is 36. The molecule has 47 heavy (non-hydrogen) atoms. The van der Waals surface area contributed by atoms with Crippen LogP contribution >= 0.6 is 0 Å². The molecule has 276 valence electrons. The molecule has 0 aromatic carbocycles. The Kier molecular flexibility index (Phi) is 32.1. The molecule has 0 aliphatic heterocycles. The molecule has 0 saturated carbocycles. The molecule has 0 aromatic rings. The quantitative estimate of drug-likeness (QED) is 0.0374. The summed E-state index contributed by atoms with van der Waals surface area (Å²) in [5.74, 6) is -1.51. The zero-order chi connectivity index (χ0) is 34.8. The minimum Gasteiger partial charge on any atom is -0.481 e. The number of amides is 2. The van der Waals surface area contributed by atoms with Gasteiger partial charge in [0.25, 0.3) is 0 Å². The van der Waals surface area contributed by atoms with Gasteiger partial charge in [0.15, 0.2) is 0 Å². The van der Waals surface area contributed by atoms with Crippen molar-refractivity contribution in [1.29, 1.82) is 0 Å². The molecule has 2 amide bonds. The van der Waals surface area contributed by atoms with Crippen LogP contribution in [-0.4, -0.2) is 69.5 Å². The molecule has 2 atom stereocenters. The predicted octanol–water partition coefficient (Wildman–Crippen LogP) is 7.42. The number of carboxylic acids is 2. The Labute approximate surface area is 285 Å². The normalized spacial score (nSPS) is 12.5. The van der Waals surface area contributed by atoms with Crippen molar-refractivity contribution in [3.8, 4) is 0 Å². The number of hydrogen-bond acceptors (Lipinski definition) is 6. The van der Waals surface area contributed by atoms with Crippen molar-refractivity contribution in [2.24, 2.45) is 0 Å². The molecular formula is C37H70N2O8. The zero-order valence-electron chi connectivity index (χ0n) is 29.5. The highest BCUT2D eigenvalue weighted by molar-refractivity contribution is 5.79. The summed E-state index contributed by atoms with van der Waals surface area (Å²) < 4.78 is 0. The van der Waals surface area contributed by atoms with Crippen LogP contribution in [0.25, 0.3) is 0 Å². The first kappa shape index (κ1) is 44.8. The zero-order valence-corrected chi connectivity index (χ0v) is 29.5. The van der Waals surface area contributed by atoms with E-state index in [2.05, 4.69) is 10.6 Å². The van der Waals surface area contributed by atoms with Gasteiger partial charge >= 0.3 is 11.9 Å². The summed E-state index contributed by atoms with van der Waals surface area (Å²) in [6.07, 6.45) is 24.6. The van der Waals surface area contributed by atoms with Gasteiger partial charge in [0.05, 0.1) is 0 Å². The van der Waals surface area contributed by atoms with E-state index in [-0.39, 0.29) is 50.0 Å². The van der Waals surface area contributed by atoms with Gasteiger partial charge in [-0.2, -0.15) is 0 Å². The molecule has 0 aliphatic rings. The first-order valence-corrected chi connectivity index (χ1v) is 19.0. The summed E-state index contributed by atoms with van der Waals surface area (Å²) >= 11 is 0. The Bertz CT molecular complexity index is 717. The van der Waals surface area contributed by atoms with Crippen molar-refractivity contribution in [3.05, 3.63) is 0 Å². The number of aliphatic carboxylic acids is 2. The van der Waals surface area contributed by atoms with Gasteiger partial charge in [-0.3, -0.25) is 19.2 Å². The lowest BCUT2D eigenvalue weighted by atomic mass is 9.99. The van der Waals surface area contributed by atoms with Crippen LogP contribution in [0, 0.1) is 0 Å². The van der Waals surface area contributed by atoms with Crippen molar-refractivity contribution in [3.63, 3.8) is 0 Å². The largest absolute Gasteiger partial charge is 0.481 e. The van der Waals surface area contributed by atoms with E-state index in [1.54, 1.807) is 0 Å². The maximum absolute atomic E-state index is 12.8. The second-order valence-electron chi connectivity index (χ2n) is 13.3. The second kappa shape index (κ2) is 33.7. The molecule has 2 unspecified atom stereocenters. The number of carboxylic acid groups (broad SMARTS) is 2. The summed E-state index contributed by atoms with van der Waals surface area (Å²) in [5, 5.41) is 42.0. The van der Waals surface area contributed by atoms with Crippen molar-refractivity contribution < 1.29 is 39.6 Å². The number of nitrogens with one attached hydrogen (secondary N) is 2. The molecule has 0 bridgehead atoms. The molecule has 0 heterocycles. The summed E-state index contributed by atoms with van der Waals surface area (Å²) in [5.41, 5.74) is 0. The van der Waals surface area contributed by atoms with Gasteiger partial charge in [0, 0.05) is 51.0 Å². The third kappa shape index (κ3) is 33.5. The lowest BCUT2D eigenvalue weighted by molar-refractivity contribution is -0.138. The summed E-state index contributed by atoms with van der Waals surface area (Å²) in [4.78, 5) is 47.0. The Balaban J connectivity index is 4.59. The fourth-order valence-electron chi connectivity index (χ4n) is 6.05. The van der Waals surface area contributed by atoms with Crippen LogP contribution in [-0.2, 0) is 19.2 Å². The highest BCUT2D eigenvalue weighted by Crippen LogP contribution is 2.16. The van der Waals surface area contributed by atoms with Gasteiger partial charge in [-0.1, -0.05) is 103 Å². The van der Waals surface area contributed by atoms with Gasteiger partial charge in [0.2, 0.25) is 11.8 Å². The Morgan fingerprint density at radius 2 is 0.638 bits per heavy atom. The third-order valence-corrected chi connectivity index (χ3v) is 8.85. The van der Waals surface area contributed by atoms with E-state index in [0.29, 0.717) is 32.1 Å². The van der Waals surface area contributed by atoms with Crippen molar-refractivity contribution in [2.45, 2.75) is 198 Å². The molecule has 0 fully saturated rings. The Morgan fingerprint density at radius 3 is 0.936 bits per heavy atom. The van der Waals surface area contributed by atoms with E-state index in [1.165, 1.54) is 0 Å². The Morgan fingerprint density at radius 1 is 0.362 bits per heavy atom. The van der Waals surface area contributed by atoms with Crippen molar-refractivity contribution >= 4 is 23.8 Å². The molecule has 0 radical (unpaired) electrons. The third-order valence-electron chi connectivity index (χ3n) is 8.85. The first-order valence-electron chi connectivity index (χ1n) is 19.0. The molecular weight excluding hydrogens is 600 g/mol. The average molecular weight is 671 g/mol. The van der Waals surface area contributed by atoms with E-state index >= 15 is 0 Å². The molecule has 10 heteroatoms. The van der Waals surface area contributed by atoms with E-state index in [1.807, 2.05) is 0 Å². The number of unbranched alkanes of at least 4 members (excludes halogenated alkanes) is 16. The molecule has 6 N–H and O–H groups in total. The molecule has 0 saturated heterocycles. The maximum Gasteiger partial charge on any atom is 0.303 e. The van der Waals surface area contributed by atoms with E-state index in [9.17, 15) is 19.2 Å². The van der Waals surface area contributed by atoms with Crippen molar-refractivity contribution in [2.75, 3.05) is 13.2 Å².